The van der Waals surface area contributed by atoms with Crippen LogP contribution < -0.4 is 0 Å². The molecule has 4 aromatic carbocycles. The first-order valence-electron chi connectivity index (χ1n) is 9.50. The molecule has 0 saturated carbocycles. The molecule has 0 aliphatic rings. The summed E-state index contributed by atoms with van der Waals surface area (Å²) in [6.07, 6.45) is 0. The van der Waals surface area contributed by atoms with Crippen molar-refractivity contribution in [1.29, 1.82) is 0 Å². The largest absolute Gasteiger partial charge is 0.289 e. The van der Waals surface area contributed by atoms with Crippen molar-refractivity contribution in [3.63, 3.8) is 0 Å². The average Bonchev–Trinajstić information content (AvgIpc) is 2.78. The molecule has 1 nitrogen and oxygen atoms in total. The molecule has 0 aliphatic heterocycles. The minimum absolute atomic E-state index is 0.0217. The molecule has 148 valence electrons. The molecule has 0 saturated heterocycles. The Balaban J connectivity index is 1.45. The van der Waals surface area contributed by atoms with Gasteiger partial charge >= 0.3 is 0 Å². The van der Waals surface area contributed by atoms with Gasteiger partial charge in [-0.25, -0.2) is 0 Å². The first kappa shape index (κ1) is 20.8. The van der Waals surface area contributed by atoms with Crippen molar-refractivity contribution in [3.8, 4) is 0 Å². The lowest BCUT2D eigenvalue weighted by molar-refractivity contribution is 0.103. The number of carbonyl (C=O) groups excluding carboxylic acids is 1. The molecule has 4 rings (SSSR count). The van der Waals surface area contributed by atoms with E-state index in [9.17, 15) is 4.79 Å². The number of rotatable bonds is 6. The summed E-state index contributed by atoms with van der Waals surface area (Å²) < 4.78 is 0. The molecule has 30 heavy (non-hydrogen) atoms. The zero-order valence-electron chi connectivity index (χ0n) is 16.3. The van der Waals surface area contributed by atoms with Crippen LogP contribution in [0.15, 0.2) is 117 Å². The Kier molecular flexibility index (Phi) is 6.63. The Bertz CT molecular complexity index is 1150. The summed E-state index contributed by atoms with van der Waals surface area (Å²) >= 11 is 9.82. The molecule has 0 unspecified atom stereocenters. The zero-order chi connectivity index (χ0) is 20.9. The van der Waals surface area contributed by atoms with Crippen LogP contribution in [-0.4, -0.2) is 5.78 Å². The minimum atomic E-state index is -0.0217. The van der Waals surface area contributed by atoms with Crippen molar-refractivity contribution < 1.29 is 4.79 Å². The third kappa shape index (κ3) is 5.17. The van der Waals surface area contributed by atoms with E-state index in [1.54, 1.807) is 29.6 Å². The predicted octanol–water partition coefficient (Wildman–Crippen LogP) is 8.18. The molecule has 0 fully saturated rings. The first-order chi connectivity index (χ1) is 14.6. The summed E-state index contributed by atoms with van der Waals surface area (Å²) in [5.41, 5.74) is 2.52. The van der Waals surface area contributed by atoms with Gasteiger partial charge in [-0.05, 0) is 61.5 Å². The Labute approximate surface area is 190 Å². The number of hydrogen-bond donors (Lipinski definition) is 0. The van der Waals surface area contributed by atoms with Crippen LogP contribution in [0.4, 0.5) is 0 Å². The van der Waals surface area contributed by atoms with E-state index in [0.717, 1.165) is 9.79 Å². The van der Waals surface area contributed by atoms with E-state index >= 15 is 0 Å². The highest BCUT2D eigenvalue weighted by molar-refractivity contribution is 7.99. The smallest absolute Gasteiger partial charge is 0.193 e. The number of ketones is 1. The fourth-order valence-electron chi connectivity index (χ4n) is 2.93. The van der Waals surface area contributed by atoms with E-state index in [4.69, 9.17) is 11.6 Å². The number of hydrogen-bond acceptors (Lipinski definition) is 3. The highest BCUT2D eigenvalue weighted by atomic mass is 35.5. The summed E-state index contributed by atoms with van der Waals surface area (Å²) in [7, 11) is 0. The van der Waals surface area contributed by atoms with E-state index in [1.807, 2.05) is 42.5 Å². The second-order valence-electron chi connectivity index (χ2n) is 6.83. The van der Waals surface area contributed by atoms with Crippen molar-refractivity contribution in [3.05, 3.63) is 119 Å². The van der Waals surface area contributed by atoms with Crippen LogP contribution in [0.3, 0.4) is 0 Å². The van der Waals surface area contributed by atoms with Gasteiger partial charge in [0.2, 0.25) is 0 Å². The van der Waals surface area contributed by atoms with Crippen molar-refractivity contribution in [2.45, 2.75) is 26.5 Å². The molecule has 0 heterocycles. The number of carbonyl (C=O) groups is 1. The number of halogens is 1. The molecule has 0 aliphatic carbocycles. The number of benzene rings is 4. The Morgan fingerprint density at radius 1 is 0.667 bits per heavy atom. The normalized spacial score (nSPS) is 10.7. The van der Waals surface area contributed by atoms with Crippen molar-refractivity contribution in [1.82, 2.24) is 0 Å². The van der Waals surface area contributed by atoms with Crippen LogP contribution in [0.5, 0.6) is 0 Å². The molecular formula is C26H19ClOS2. The lowest BCUT2D eigenvalue weighted by Gasteiger charge is -2.08. The van der Waals surface area contributed by atoms with Gasteiger partial charge in [0, 0.05) is 30.7 Å². The van der Waals surface area contributed by atoms with E-state index in [1.165, 1.54) is 15.4 Å². The molecule has 4 aromatic rings. The van der Waals surface area contributed by atoms with Crippen LogP contribution in [-0.2, 0) is 0 Å². The molecule has 0 aromatic heterocycles. The molecule has 0 spiro atoms. The second kappa shape index (κ2) is 9.57. The molecule has 0 amide bonds. The van der Waals surface area contributed by atoms with E-state index in [0.29, 0.717) is 16.1 Å². The van der Waals surface area contributed by atoms with Gasteiger partial charge in [-0.15, -0.1) is 0 Å². The van der Waals surface area contributed by atoms with Crippen LogP contribution in [0.2, 0.25) is 5.02 Å². The first-order valence-corrected chi connectivity index (χ1v) is 11.5. The van der Waals surface area contributed by atoms with Gasteiger partial charge < -0.3 is 0 Å². The van der Waals surface area contributed by atoms with Gasteiger partial charge in [-0.3, -0.25) is 4.79 Å². The Hall–Kier alpha value is -2.46. The van der Waals surface area contributed by atoms with Gasteiger partial charge in [-0.1, -0.05) is 83.2 Å². The fourth-order valence-corrected chi connectivity index (χ4v) is 4.86. The lowest BCUT2D eigenvalue weighted by atomic mass is 10.0. The van der Waals surface area contributed by atoms with Gasteiger partial charge in [-0.2, -0.15) is 0 Å². The van der Waals surface area contributed by atoms with Crippen molar-refractivity contribution >= 4 is 40.9 Å². The monoisotopic (exact) mass is 446 g/mol. The molecule has 0 radical (unpaired) electrons. The van der Waals surface area contributed by atoms with Crippen LogP contribution in [0, 0.1) is 6.92 Å². The van der Waals surface area contributed by atoms with Crippen LogP contribution >= 0.6 is 35.1 Å². The van der Waals surface area contributed by atoms with Gasteiger partial charge in [0.15, 0.2) is 5.78 Å². The molecular weight excluding hydrogens is 428 g/mol. The standard InChI is InChI=1S/C26H19ClOS2/c1-18-7-10-21(11-8-18)29-22-12-14-23(15-13-22)30-25-16-9-20(17-24(25)27)26(28)19-5-3-2-4-6-19/h2-17H,1H3. The maximum Gasteiger partial charge on any atom is 0.193 e. The highest BCUT2D eigenvalue weighted by Gasteiger charge is 2.11. The minimum Gasteiger partial charge on any atom is -0.289 e. The zero-order valence-corrected chi connectivity index (χ0v) is 18.7. The summed E-state index contributed by atoms with van der Waals surface area (Å²) in [6, 6.07) is 31.7. The third-order valence-corrected chi connectivity index (χ3v) is 7.06. The summed E-state index contributed by atoms with van der Waals surface area (Å²) in [5, 5.41) is 0.583. The topological polar surface area (TPSA) is 17.1 Å². The Morgan fingerprint density at radius 3 is 1.83 bits per heavy atom. The summed E-state index contributed by atoms with van der Waals surface area (Å²) in [4.78, 5) is 17.1. The summed E-state index contributed by atoms with van der Waals surface area (Å²) in [5.74, 6) is -0.0217. The van der Waals surface area contributed by atoms with Gasteiger partial charge in [0.05, 0.1) is 5.02 Å². The fraction of sp³-hybridized carbons (Fsp3) is 0.0385. The highest BCUT2D eigenvalue weighted by Crippen LogP contribution is 2.36. The molecule has 0 N–H and O–H groups in total. The van der Waals surface area contributed by atoms with E-state index < -0.39 is 0 Å². The Morgan fingerprint density at radius 2 is 1.23 bits per heavy atom. The number of aryl methyl sites for hydroxylation is 1. The maximum absolute atomic E-state index is 12.6. The maximum atomic E-state index is 12.6. The van der Waals surface area contributed by atoms with Gasteiger partial charge in [0.1, 0.15) is 0 Å². The SMILES string of the molecule is Cc1ccc(Sc2ccc(Sc3ccc(C(=O)c4ccccc4)cc3Cl)cc2)cc1. The molecule has 4 heteroatoms. The van der Waals surface area contributed by atoms with E-state index in [2.05, 4.69) is 55.5 Å². The van der Waals surface area contributed by atoms with Gasteiger partial charge in [0.25, 0.3) is 0 Å². The van der Waals surface area contributed by atoms with Crippen LogP contribution in [0.25, 0.3) is 0 Å². The van der Waals surface area contributed by atoms with Crippen molar-refractivity contribution in [2.24, 2.45) is 0 Å². The third-order valence-electron chi connectivity index (χ3n) is 4.54. The van der Waals surface area contributed by atoms with E-state index in [-0.39, 0.29) is 5.78 Å². The van der Waals surface area contributed by atoms with Crippen LogP contribution in [0.1, 0.15) is 21.5 Å². The molecule has 0 atom stereocenters. The summed E-state index contributed by atoms with van der Waals surface area (Å²) in [6.45, 7) is 2.09. The van der Waals surface area contributed by atoms with Crippen molar-refractivity contribution in [2.75, 3.05) is 0 Å². The predicted molar refractivity (Wildman–Crippen MR) is 127 cm³/mol. The quantitative estimate of drug-likeness (QED) is 0.278. The molecule has 0 bridgehead atoms. The second-order valence-corrected chi connectivity index (χ2v) is 9.50. The lowest BCUT2D eigenvalue weighted by Crippen LogP contribution is -2.00. The average molecular weight is 447 g/mol.